The maximum absolute atomic E-state index is 2.44. The number of hydrogen-bond donors (Lipinski definition) is 0. The van der Waals surface area contributed by atoms with Crippen LogP contribution in [-0.4, -0.2) is 4.57 Å². The SMILES string of the molecule is CC(C)(C)c1cc2ccc3ccc(-c4ccc5c6ccccc6n(-c6ccc7ccccc7c6)c5c4)c4ccc(c1)c2c34. The van der Waals surface area contributed by atoms with Gasteiger partial charge in [-0.3, -0.25) is 0 Å². The van der Waals surface area contributed by atoms with Crippen LogP contribution in [0, 0.1) is 0 Å². The molecule has 0 saturated carbocycles. The Labute approximate surface area is 250 Å². The maximum Gasteiger partial charge on any atom is 0.0547 e. The van der Waals surface area contributed by atoms with Crippen molar-refractivity contribution in [2.24, 2.45) is 0 Å². The molecule has 0 aliphatic carbocycles. The summed E-state index contributed by atoms with van der Waals surface area (Å²) in [7, 11) is 0. The highest BCUT2D eigenvalue weighted by atomic mass is 15.0. The van der Waals surface area contributed by atoms with Crippen molar-refractivity contribution in [3.8, 4) is 16.8 Å². The Morgan fingerprint density at radius 3 is 1.93 bits per heavy atom. The zero-order valence-electron chi connectivity index (χ0n) is 24.6. The molecule has 204 valence electrons. The molecule has 0 radical (unpaired) electrons. The molecule has 1 heteroatoms. The van der Waals surface area contributed by atoms with Crippen LogP contribution >= 0.6 is 0 Å². The van der Waals surface area contributed by atoms with Crippen molar-refractivity contribution in [3.63, 3.8) is 0 Å². The van der Waals surface area contributed by atoms with Crippen LogP contribution in [0.25, 0.3) is 81.7 Å². The standard InChI is InChI=1S/C42H31N/c1-42(2,3)32-22-30-13-12-27-15-19-34(37-21-17-31(23-32)40(30)41(27)37)29-16-20-36-35-10-6-7-11-38(35)43(39(36)25-29)33-18-14-26-8-4-5-9-28(26)24-33/h4-25H,1-3H3. The minimum absolute atomic E-state index is 0.106. The topological polar surface area (TPSA) is 4.93 Å². The Morgan fingerprint density at radius 1 is 0.442 bits per heavy atom. The van der Waals surface area contributed by atoms with Crippen LogP contribution in [0.2, 0.25) is 0 Å². The van der Waals surface area contributed by atoms with Gasteiger partial charge in [0.25, 0.3) is 0 Å². The van der Waals surface area contributed by atoms with Crippen LogP contribution in [0.5, 0.6) is 0 Å². The lowest BCUT2D eigenvalue weighted by atomic mass is 9.83. The Kier molecular flexibility index (Phi) is 4.94. The summed E-state index contributed by atoms with van der Waals surface area (Å²) in [5.74, 6) is 0. The van der Waals surface area contributed by atoms with Gasteiger partial charge in [0, 0.05) is 16.5 Å². The Balaban J connectivity index is 1.32. The van der Waals surface area contributed by atoms with E-state index in [-0.39, 0.29) is 5.41 Å². The van der Waals surface area contributed by atoms with E-state index >= 15 is 0 Å². The van der Waals surface area contributed by atoms with E-state index in [9.17, 15) is 0 Å². The van der Waals surface area contributed by atoms with Crippen molar-refractivity contribution in [1.29, 1.82) is 0 Å². The molecule has 1 aromatic heterocycles. The summed E-state index contributed by atoms with van der Waals surface area (Å²) in [5.41, 5.74) is 7.65. The van der Waals surface area contributed by atoms with Gasteiger partial charge in [0.05, 0.1) is 11.0 Å². The zero-order valence-corrected chi connectivity index (χ0v) is 24.6. The Morgan fingerprint density at radius 2 is 1.09 bits per heavy atom. The van der Waals surface area contributed by atoms with Gasteiger partial charge in [-0.15, -0.1) is 0 Å². The van der Waals surface area contributed by atoms with Gasteiger partial charge >= 0.3 is 0 Å². The van der Waals surface area contributed by atoms with Gasteiger partial charge in [-0.25, -0.2) is 0 Å². The molecule has 0 fully saturated rings. The fraction of sp³-hybridized carbons (Fsp3) is 0.0952. The number of para-hydroxylation sites is 1. The average molecular weight is 550 g/mol. The fourth-order valence-electron chi connectivity index (χ4n) is 7.24. The van der Waals surface area contributed by atoms with Crippen molar-refractivity contribution in [2.45, 2.75) is 26.2 Å². The highest BCUT2D eigenvalue weighted by Crippen LogP contribution is 2.42. The van der Waals surface area contributed by atoms with Gasteiger partial charge < -0.3 is 4.57 Å². The van der Waals surface area contributed by atoms with Gasteiger partial charge in [-0.2, -0.15) is 0 Å². The van der Waals surface area contributed by atoms with E-state index in [1.165, 1.54) is 87.3 Å². The summed E-state index contributed by atoms with van der Waals surface area (Å²) in [4.78, 5) is 0. The lowest BCUT2D eigenvalue weighted by Gasteiger charge is -2.22. The van der Waals surface area contributed by atoms with Crippen molar-refractivity contribution >= 4 is 64.9 Å². The Bertz CT molecular complexity index is 2520. The average Bonchev–Trinajstić information content (AvgIpc) is 3.36. The molecular formula is C42H31N. The highest BCUT2D eigenvalue weighted by molar-refractivity contribution is 6.26. The number of rotatable bonds is 2. The number of fused-ring (bicyclic) bond motifs is 4. The molecule has 0 aliphatic heterocycles. The third-order valence-electron chi connectivity index (χ3n) is 9.44. The first kappa shape index (κ1) is 24.5. The zero-order chi connectivity index (χ0) is 28.9. The van der Waals surface area contributed by atoms with Crippen LogP contribution in [0.1, 0.15) is 26.3 Å². The quantitative estimate of drug-likeness (QED) is 0.189. The van der Waals surface area contributed by atoms with Gasteiger partial charge in [0.1, 0.15) is 0 Å². The summed E-state index contributed by atoms with van der Waals surface area (Å²) >= 11 is 0. The molecule has 8 aromatic carbocycles. The second-order valence-corrected chi connectivity index (χ2v) is 13.1. The van der Waals surface area contributed by atoms with Crippen LogP contribution in [0.15, 0.2) is 133 Å². The molecule has 0 unspecified atom stereocenters. The summed E-state index contributed by atoms with van der Waals surface area (Å²) < 4.78 is 2.44. The first-order valence-corrected chi connectivity index (χ1v) is 15.2. The largest absolute Gasteiger partial charge is 0.309 e. The van der Waals surface area contributed by atoms with Crippen LogP contribution in [0.3, 0.4) is 0 Å². The molecule has 43 heavy (non-hydrogen) atoms. The Hall–Kier alpha value is -5.14. The van der Waals surface area contributed by atoms with Gasteiger partial charge in [-0.1, -0.05) is 130 Å². The van der Waals surface area contributed by atoms with Crippen LogP contribution in [-0.2, 0) is 5.41 Å². The second-order valence-electron chi connectivity index (χ2n) is 13.1. The smallest absolute Gasteiger partial charge is 0.0547 e. The maximum atomic E-state index is 2.44. The molecule has 0 atom stereocenters. The second kappa shape index (κ2) is 8.69. The summed E-state index contributed by atoms with van der Waals surface area (Å²) in [6.45, 7) is 6.89. The molecular weight excluding hydrogens is 518 g/mol. The van der Waals surface area contributed by atoms with E-state index in [2.05, 4.69) is 159 Å². The normalized spacial score (nSPS) is 12.5. The minimum atomic E-state index is 0.106. The lowest BCUT2D eigenvalue weighted by Crippen LogP contribution is -2.10. The van der Waals surface area contributed by atoms with E-state index in [1.54, 1.807) is 0 Å². The summed E-state index contributed by atoms with van der Waals surface area (Å²) in [5, 5.41) is 13.1. The van der Waals surface area contributed by atoms with E-state index in [4.69, 9.17) is 0 Å². The molecule has 9 aromatic rings. The van der Waals surface area contributed by atoms with Crippen molar-refractivity contribution in [1.82, 2.24) is 4.57 Å². The minimum Gasteiger partial charge on any atom is -0.309 e. The lowest BCUT2D eigenvalue weighted by molar-refractivity contribution is 0.591. The number of nitrogens with zero attached hydrogens (tertiary/aromatic N) is 1. The van der Waals surface area contributed by atoms with Crippen molar-refractivity contribution in [3.05, 3.63) is 139 Å². The number of aromatic nitrogens is 1. The number of benzene rings is 8. The molecule has 9 rings (SSSR count). The van der Waals surface area contributed by atoms with E-state index in [0.29, 0.717) is 0 Å². The first-order chi connectivity index (χ1) is 20.9. The van der Waals surface area contributed by atoms with E-state index in [1.807, 2.05) is 0 Å². The van der Waals surface area contributed by atoms with Crippen LogP contribution < -0.4 is 0 Å². The monoisotopic (exact) mass is 549 g/mol. The summed E-state index contributed by atoms with van der Waals surface area (Å²) in [6, 6.07) is 49.9. The fourth-order valence-corrected chi connectivity index (χ4v) is 7.24. The third-order valence-corrected chi connectivity index (χ3v) is 9.44. The van der Waals surface area contributed by atoms with Crippen LogP contribution in [0.4, 0.5) is 0 Å². The molecule has 0 amide bonds. The van der Waals surface area contributed by atoms with Gasteiger partial charge in [0.2, 0.25) is 0 Å². The van der Waals surface area contributed by atoms with Crippen molar-refractivity contribution < 1.29 is 0 Å². The highest BCUT2D eigenvalue weighted by Gasteiger charge is 2.19. The first-order valence-electron chi connectivity index (χ1n) is 15.2. The molecule has 0 spiro atoms. The molecule has 0 saturated heterocycles. The van der Waals surface area contributed by atoms with E-state index in [0.717, 1.165) is 0 Å². The van der Waals surface area contributed by atoms with E-state index < -0.39 is 0 Å². The predicted molar refractivity (Wildman–Crippen MR) is 186 cm³/mol. The number of hydrogen-bond acceptors (Lipinski definition) is 0. The van der Waals surface area contributed by atoms with Gasteiger partial charge in [-0.05, 0) is 89.5 Å². The molecule has 1 nitrogen and oxygen atoms in total. The molecule has 0 N–H and O–H groups in total. The molecule has 0 bridgehead atoms. The summed E-state index contributed by atoms with van der Waals surface area (Å²) in [6.07, 6.45) is 0. The van der Waals surface area contributed by atoms with Gasteiger partial charge in [0.15, 0.2) is 0 Å². The third kappa shape index (κ3) is 3.58. The molecule has 1 heterocycles. The predicted octanol–water partition coefficient (Wildman–Crippen LogP) is 11.8. The van der Waals surface area contributed by atoms with Crippen molar-refractivity contribution in [2.75, 3.05) is 0 Å². The molecule has 0 aliphatic rings.